The van der Waals surface area contributed by atoms with Gasteiger partial charge in [0, 0.05) is 51.5 Å². The zero-order valence-corrected chi connectivity index (χ0v) is 22.4. The van der Waals surface area contributed by atoms with E-state index >= 15 is 0 Å². The summed E-state index contributed by atoms with van der Waals surface area (Å²) in [4.78, 5) is 29.5. The number of halogens is 2. The predicted octanol–water partition coefficient (Wildman–Crippen LogP) is 3.86. The Bertz CT molecular complexity index is 916. The van der Waals surface area contributed by atoms with E-state index < -0.39 is 0 Å². The molecule has 1 aliphatic heterocycles. The second-order valence-electron chi connectivity index (χ2n) is 7.56. The van der Waals surface area contributed by atoms with E-state index in [4.69, 9.17) is 18.9 Å². The Morgan fingerprint density at radius 2 is 1.09 bits per heavy atom. The van der Waals surface area contributed by atoms with Crippen molar-refractivity contribution in [2.45, 2.75) is 0 Å². The van der Waals surface area contributed by atoms with E-state index in [1.54, 1.807) is 60.4 Å². The van der Waals surface area contributed by atoms with Gasteiger partial charge in [0.2, 0.25) is 0 Å². The van der Waals surface area contributed by atoms with E-state index in [0.29, 0.717) is 84.2 Å². The molecule has 0 aromatic heterocycles. The zero-order valence-electron chi connectivity index (χ0n) is 19.2. The van der Waals surface area contributed by atoms with E-state index in [1.807, 2.05) is 0 Å². The lowest BCUT2D eigenvalue weighted by Gasteiger charge is -2.35. The van der Waals surface area contributed by atoms with Gasteiger partial charge in [-0.05, 0) is 68.3 Å². The monoisotopic (exact) mass is 598 g/mol. The van der Waals surface area contributed by atoms with Crippen molar-refractivity contribution in [1.29, 1.82) is 0 Å². The van der Waals surface area contributed by atoms with Crippen LogP contribution in [-0.4, -0.2) is 88.4 Å². The summed E-state index contributed by atoms with van der Waals surface area (Å²) < 4.78 is 22.6. The van der Waals surface area contributed by atoms with Crippen LogP contribution in [-0.2, 0) is 9.47 Å². The maximum Gasteiger partial charge on any atom is 0.254 e. The van der Waals surface area contributed by atoms with E-state index in [9.17, 15) is 9.59 Å². The molecule has 3 rings (SSSR count). The third kappa shape index (κ3) is 6.94. The molecule has 1 saturated heterocycles. The molecule has 0 atom stereocenters. The number of carbonyl (C=O) groups is 2. The molecule has 0 spiro atoms. The second-order valence-corrected chi connectivity index (χ2v) is 9.27. The highest BCUT2D eigenvalue weighted by atomic mass is 79.9. The third-order valence-corrected chi connectivity index (χ3v) is 6.54. The number of nitrogens with zero attached hydrogens (tertiary/aromatic N) is 2. The molecule has 2 amide bonds. The third-order valence-electron chi connectivity index (χ3n) is 5.30. The SMILES string of the molecule is COCCOc1ccc(C(=O)N2CCN(C(=O)c3ccc(OCCOC)c(Br)c3)CC2)cc1Br. The Labute approximate surface area is 216 Å². The lowest BCUT2D eigenvalue weighted by Crippen LogP contribution is -2.50. The molecular weight excluding hydrogens is 572 g/mol. The highest BCUT2D eigenvalue weighted by Gasteiger charge is 2.26. The van der Waals surface area contributed by atoms with Crippen molar-refractivity contribution in [2.24, 2.45) is 0 Å². The Balaban J connectivity index is 1.55. The quantitative estimate of drug-likeness (QED) is 0.386. The number of piperazine rings is 1. The summed E-state index contributed by atoms with van der Waals surface area (Å²) in [5, 5.41) is 0. The first-order valence-electron chi connectivity index (χ1n) is 10.9. The molecule has 0 N–H and O–H groups in total. The van der Waals surface area contributed by atoms with E-state index in [0.717, 1.165) is 0 Å². The Hall–Kier alpha value is -2.14. The lowest BCUT2D eigenvalue weighted by atomic mass is 10.1. The van der Waals surface area contributed by atoms with E-state index in [2.05, 4.69) is 31.9 Å². The van der Waals surface area contributed by atoms with Crippen molar-refractivity contribution >= 4 is 43.7 Å². The van der Waals surface area contributed by atoms with Crippen molar-refractivity contribution in [3.63, 3.8) is 0 Å². The van der Waals surface area contributed by atoms with Crippen LogP contribution in [0.25, 0.3) is 0 Å². The number of amides is 2. The van der Waals surface area contributed by atoms with Gasteiger partial charge >= 0.3 is 0 Å². The van der Waals surface area contributed by atoms with Crippen molar-refractivity contribution in [1.82, 2.24) is 9.80 Å². The lowest BCUT2D eigenvalue weighted by molar-refractivity contribution is 0.0535. The molecule has 0 bridgehead atoms. The molecule has 34 heavy (non-hydrogen) atoms. The van der Waals surface area contributed by atoms with Gasteiger partial charge in [0.15, 0.2) is 0 Å². The Morgan fingerprint density at radius 3 is 1.41 bits per heavy atom. The maximum absolute atomic E-state index is 13.0. The topological polar surface area (TPSA) is 77.5 Å². The number of ether oxygens (including phenoxy) is 4. The molecule has 2 aromatic rings. The molecule has 0 saturated carbocycles. The summed E-state index contributed by atoms with van der Waals surface area (Å²) in [6.45, 7) is 3.69. The highest BCUT2D eigenvalue weighted by molar-refractivity contribution is 9.10. The first-order valence-corrected chi connectivity index (χ1v) is 12.4. The van der Waals surface area contributed by atoms with Gasteiger partial charge < -0.3 is 28.7 Å². The standard InChI is InChI=1S/C24H28Br2N2O6/c1-31-11-13-33-21-5-3-17(15-19(21)25)23(29)27-7-9-28(10-8-27)24(30)18-4-6-22(20(26)16-18)34-14-12-32-2/h3-6,15-16H,7-14H2,1-2H3. The highest BCUT2D eigenvalue weighted by Crippen LogP contribution is 2.28. The molecule has 2 aromatic carbocycles. The van der Waals surface area contributed by atoms with Gasteiger partial charge in [-0.2, -0.15) is 0 Å². The van der Waals surface area contributed by atoms with Crippen LogP contribution in [0.2, 0.25) is 0 Å². The minimum absolute atomic E-state index is 0.0726. The molecule has 0 aliphatic carbocycles. The van der Waals surface area contributed by atoms with Crippen LogP contribution in [0, 0.1) is 0 Å². The molecule has 184 valence electrons. The van der Waals surface area contributed by atoms with Crippen molar-refractivity contribution in [3.8, 4) is 11.5 Å². The number of methoxy groups -OCH3 is 2. The van der Waals surface area contributed by atoms with Crippen LogP contribution in [0.3, 0.4) is 0 Å². The summed E-state index contributed by atoms with van der Waals surface area (Å²) in [5.41, 5.74) is 1.14. The van der Waals surface area contributed by atoms with Crippen LogP contribution >= 0.6 is 31.9 Å². The van der Waals surface area contributed by atoms with Crippen LogP contribution < -0.4 is 9.47 Å². The van der Waals surface area contributed by atoms with Crippen LogP contribution in [0.4, 0.5) is 0 Å². The average Bonchev–Trinajstić information content (AvgIpc) is 2.85. The fourth-order valence-corrected chi connectivity index (χ4v) is 4.44. The van der Waals surface area contributed by atoms with Crippen LogP contribution in [0.1, 0.15) is 20.7 Å². The largest absolute Gasteiger partial charge is 0.490 e. The molecule has 10 heteroatoms. The molecule has 8 nitrogen and oxygen atoms in total. The molecule has 1 aliphatic rings. The Kier molecular flexibility index (Phi) is 10.2. The number of hydrogen-bond acceptors (Lipinski definition) is 6. The molecule has 1 heterocycles. The van der Waals surface area contributed by atoms with Gasteiger partial charge in [-0.3, -0.25) is 9.59 Å². The predicted molar refractivity (Wildman–Crippen MR) is 135 cm³/mol. The van der Waals surface area contributed by atoms with Gasteiger partial charge in [-0.1, -0.05) is 0 Å². The average molecular weight is 600 g/mol. The van der Waals surface area contributed by atoms with Gasteiger partial charge in [0.1, 0.15) is 24.7 Å². The first-order chi connectivity index (χ1) is 16.4. The molecular formula is C24H28Br2N2O6. The minimum Gasteiger partial charge on any atom is -0.490 e. The number of carbonyl (C=O) groups excluding carboxylic acids is 2. The summed E-state index contributed by atoms with van der Waals surface area (Å²) >= 11 is 6.93. The van der Waals surface area contributed by atoms with Crippen LogP contribution in [0.15, 0.2) is 45.3 Å². The fourth-order valence-electron chi connectivity index (χ4n) is 3.45. The second kappa shape index (κ2) is 13.1. The smallest absolute Gasteiger partial charge is 0.254 e. The van der Waals surface area contributed by atoms with Gasteiger partial charge in [-0.25, -0.2) is 0 Å². The van der Waals surface area contributed by atoms with Gasteiger partial charge in [0.25, 0.3) is 11.8 Å². The normalized spacial score (nSPS) is 13.6. The zero-order chi connectivity index (χ0) is 24.5. The fraction of sp³-hybridized carbons (Fsp3) is 0.417. The van der Waals surface area contributed by atoms with E-state index in [-0.39, 0.29) is 11.8 Å². The first kappa shape index (κ1) is 26.5. The van der Waals surface area contributed by atoms with Crippen molar-refractivity contribution in [3.05, 3.63) is 56.5 Å². The number of hydrogen-bond donors (Lipinski definition) is 0. The van der Waals surface area contributed by atoms with Gasteiger partial charge in [-0.15, -0.1) is 0 Å². The summed E-state index contributed by atoms with van der Waals surface area (Å²) in [7, 11) is 3.23. The van der Waals surface area contributed by atoms with Crippen molar-refractivity contribution in [2.75, 3.05) is 66.8 Å². The molecule has 0 unspecified atom stereocenters. The van der Waals surface area contributed by atoms with Crippen LogP contribution in [0.5, 0.6) is 11.5 Å². The minimum atomic E-state index is -0.0726. The summed E-state index contributed by atoms with van der Waals surface area (Å²) in [6.07, 6.45) is 0. The summed E-state index contributed by atoms with van der Waals surface area (Å²) in [6, 6.07) is 10.6. The maximum atomic E-state index is 13.0. The number of benzene rings is 2. The van der Waals surface area contributed by atoms with E-state index in [1.165, 1.54) is 0 Å². The molecule has 0 radical (unpaired) electrons. The molecule has 1 fully saturated rings. The van der Waals surface area contributed by atoms with Gasteiger partial charge in [0.05, 0.1) is 22.2 Å². The Morgan fingerprint density at radius 1 is 0.706 bits per heavy atom. The summed E-state index contributed by atoms with van der Waals surface area (Å²) in [5.74, 6) is 1.17. The van der Waals surface area contributed by atoms with Crippen molar-refractivity contribution < 1.29 is 28.5 Å². The number of rotatable bonds is 10.